The van der Waals surface area contributed by atoms with Crippen molar-refractivity contribution in [1.82, 2.24) is 9.88 Å². The molecule has 7 nitrogen and oxygen atoms in total. The first-order chi connectivity index (χ1) is 16.3. The molecule has 1 saturated heterocycles. The van der Waals surface area contributed by atoms with Gasteiger partial charge in [-0.05, 0) is 56.2 Å². The number of anilines is 2. The molecule has 4 rings (SSSR count). The van der Waals surface area contributed by atoms with Crippen LogP contribution in [0.3, 0.4) is 0 Å². The zero-order chi connectivity index (χ0) is 24.4. The van der Waals surface area contributed by atoms with Gasteiger partial charge in [0.15, 0.2) is 5.13 Å². The van der Waals surface area contributed by atoms with Crippen LogP contribution in [0.5, 0.6) is 0 Å². The normalized spacial score (nSPS) is 15.4. The average Bonchev–Trinajstić information content (AvgIpc) is 3.55. The van der Waals surface area contributed by atoms with Crippen LogP contribution in [0.25, 0.3) is 0 Å². The topological polar surface area (TPSA) is 79.8 Å². The highest BCUT2D eigenvalue weighted by molar-refractivity contribution is 7.14. The molecule has 178 valence electrons. The molecule has 1 aromatic carbocycles. The van der Waals surface area contributed by atoms with Gasteiger partial charge >= 0.3 is 5.97 Å². The zero-order valence-corrected chi connectivity index (χ0v) is 21.3. The molecule has 0 N–H and O–H groups in total. The minimum Gasteiger partial charge on any atom is -0.458 e. The first-order valence-corrected chi connectivity index (χ1v) is 12.9. The lowest BCUT2D eigenvalue weighted by Gasteiger charge is -2.23. The molecule has 3 aromatic rings. The van der Waals surface area contributed by atoms with Crippen LogP contribution < -0.4 is 4.90 Å². The van der Waals surface area contributed by atoms with E-state index in [2.05, 4.69) is 4.98 Å². The molecular weight excluding hydrogens is 470 g/mol. The Kier molecular flexibility index (Phi) is 7.13. The number of aromatic nitrogens is 1. The monoisotopic (exact) mass is 497 g/mol. The molecule has 0 saturated carbocycles. The van der Waals surface area contributed by atoms with Gasteiger partial charge in [-0.1, -0.05) is 23.8 Å². The number of benzene rings is 1. The van der Waals surface area contributed by atoms with Crippen molar-refractivity contribution in [2.24, 2.45) is 0 Å². The van der Waals surface area contributed by atoms with E-state index < -0.39 is 12.0 Å². The molecule has 1 aliphatic rings. The van der Waals surface area contributed by atoms with E-state index >= 15 is 0 Å². The largest absolute Gasteiger partial charge is 0.458 e. The summed E-state index contributed by atoms with van der Waals surface area (Å²) in [6.45, 7) is 8.03. The number of hydrogen-bond donors (Lipinski definition) is 0. The molecule has 0 radical (unpaired) electrons. The van der Waals surface area contributed by atoms with Crippen molar-refractivity contribution in [3.05, 3.63) is 62.3 Å². The maximum Gasteiger partial charge on any atom is 0.329 e. The van der Waals surface area contributed by atoms with Gasteiger partial charge < -0.3 is 9.64 Å². The minimum atomic E-state index is -0.584. The van der Waals surface area contributed by atoms with Crippen LogP contribution in [0.15, 0.2) is 35.0 Å². The predicted molar refractivity (Wildman–Crippen MR) is 134 cm³/mol. The van der Waals surface area contributed by atoms with E-state index in [1.807, 2.05) is 44.4 Å². The number of rotatable bonds is 6. The summed E-state index contributed by atoms with van der Waals surface area (Å²) >= 11 is 2.70. The van der Waals surface area contributed by atoms with Gasteiger partial charge in [-0.15, -0.1) is 22.7 Å². The first kappa shape index (κ1) is 24.1. The number of thiazole rings is 1. The van der Waals surface area contributed by atoms with Gasteiger partial charge in [0.25, 0.3) is 5.91 Å². The van der Waals surface area contributed by atoms with E-state index in [1.165, 1.54) is 29.6 Å². The number of amides is 2. The van der Waals surface area contributed by atoms with E-state index in [4.69, 9.17) is 4.74 Å². The molecule has 0 unspecified atom stereocenters. The van der Waals surface area contributed by atoms with Crippen molar-refractivity contribution in [1.29, 1.82) is 0 Å². The fraction of sp³-hybridized carbons (Fsp3) is 0.360. The van der Waals surface area contributed by atoms with Crippen molar-refractivity contribution in [2.75, 3.05) is 11.4 Å². The molecule has 1 aliphatic heterocycles. The van der Waals surface area contributed by atoms with Crippen LogP contribution in [0.1, 0.15) is 51.8 Å². The number of carbonyl (C=O) groups excluding carboxylic acids is 3. The van der Waals surface area contributed by atoms with Crippen LogP contribution >= 0.6 is 22.7 Å². The van der Waals surface area contributed by atoms with Gasteiger partial charge in [-0.3, -0.25) is 14.5 Å². The molecular formula is C25H27N3O4S2. The molecule has 0 bridgehead atoms. The molecule has 1 fully saturated rings. The summed E-state index contributed by atoms with van der Waals surface area (Å²) in [7, 11) is 0. The molecule has 9 heteroatoms. The summed E-state index contributed by atoms with van der Waals surface area (Å²) in [6.07, 6.45) is 1.35. The number of nitrogens with zero attached hydrogens (tertiary/aromatic N) is 3. The van der Waals surface area contributed by atoms with Gasteiger partial charge in [0, 0.05) is 18.8 Å². The number of ether oxygens (including phenoxy) is 1. The maximum absolute atomic E-state index is 12.8. The highest BCUT2D eigenvalue weighted by atomic mass is 32.1. The smallest absolute Gasteiger partial charge is 0.329 e. The number of carbonyl (C=O) groups is 3. The van der Waals surface area contributed by atoms with Gasteiger partial charge in [-0.25, -0.2) is 9.78 Å². The standard InChI is InChI=1S/C25H27N3O4S2/c1-15-11-16(2)22(17(3)12-15)28(18(4)29)25-26-19(14-34-25)13-32-24(31)20-7-5-9-27(20)23(30)21-8-6-10-33-21/h6,8,10-12,14,20H,5,7,9,13H2,1-4H3/t20-/m1/s1. The predicted octanol–water partition coefficient (Wildman–Crippen LogP) is 5.16. The van der Waals surface area contributed by atoms with Crippen LogP contribution in [0.4, 0.5) is 10.8 Å². The Bertz CT molecular complexity index is 1200. The van der Waals surface area contributed by atoms with Gasteiger partial charge in [0.1, 0.15) is 12.6 Å². The fourth-order valence-corrected chi connectivity index (χ4v) is 5.95. The Hall–Kier alpha value is -3.04. The van der Waals surface area contributed by atoms with Crippen LogP contribution in [-0.4, -0.2) is 40.3 Å². The zero-order valence-electron chi connectivity index (χ0n) is 19.7. The second-order valence-corrected chi connectivity index (χ2v) is 10.2. The summed E-state index contributed by atoms with van der Waals surface area (Å²) in [4.78, 5) is 46.5. The maximum atomic E-state index is 12.8. The molecule has 1 atom stereocenters. The third-order valence-electron chi connectivity index (χ3n) is 5.78. The SMILES string of the molecule is CC(=O)N(c1nc(COC(=O)[C@H]2CCCN2C(=O)c2cccs2)cs1)c1c(C)cc(C)cc1C. The molecule has 0 spiro atoms. The summed E-state index contributed by atoms with van der Waals surface area (Å²) < 4.78 is 5.54. The first-order valence-electron chi connectivity index (χ1n) is 11.1. The van der Waals surface area contributed by atoms with Crippen LogP contribution in [-0.2, 0) is 20.9 Å². The van der Waals surface area contributed by atoms with Crippen LogP contribution in [0.2, 0.25) is 0 Å². The second kappa shape index (κ2) is 10.1. The summed E-state index contributed by atoms with van der Waals surface area (Å²) in [5.74, 6) is -0.696. The Morgan fingerprint density at radius 2 is 1.91 bits per heavy atom. The van der Waals surface area contributed by atoms with Gasteiger partial charge in [0.05, 0.1) is 16.3 Å². The van der Waals surface area contributed by atoms with E-state index in [-0.39, 0.29) is 18.4 Å². The summed E-state index contributed by atoms with van der Waals surface area (Å²) in [5, 5.41) is 4.17. The molecule has 2 aromatic heterocycles. The average molecular weight is 498 g/mol. The third kappa shape index (κ3) is 4.90. The number of aryl methyl sites for hydroxylation is 3. The molecule has 3 heterocycles. The molecule has 0 aliphatic carbocycles. The van der Waals surface area contributed by atoms with Crippen molar-refractivity contribution in [3.8, 4) is 0 Å². The van der Waals surface area contributed by atoms with Crippen LogP contribution in [0, 0.1) is 20.8 Å². The molecule has 34 heavy (non-hydrogen) atoms. The Labute approximate surface area is 207 Å². The van der Waals surface area contributed by atoms with E-state index in [9.17, 15) is 14.4 Å². The van der Waals surface area contributed by atoms with Crippen molar-refractivity contribution in [3.63, 3.8) is 0 Å². The quantitative estimate of drug-likeness (QED) is 0.440. The summed E-state index contributed by atoms with van der Waals surface area (Å²) in [5.41, 5.74) is 4.51. The lowest BCUT2D eigenvalue weighted by molar-refractivity contribution is -0.149. The van der Waals surface area contributed by atoms with Crippen molar-refractivity contribution in [2.45, 2.75) is 53.2 Å². The van der Waals surface area contributed by atoms with Crippen molar-refractivity contribution < 1.29 is 19.1 Å². The summed E-state index contributed by atoms with van der Waals surface area (Å²) in [6, 6.07) is 7.09. The van der Waals surface area contributed by atoms with Gasteiger partial charge in [-0.2, -0.15) is 0 Å². The number of esters is 1. The van der Waals surface area contributed by atoms with Gasteiger partial charge in [0.2, 0.25) is 5.91 Å². The number of thiophene rings is 1. The Morgan fingerprint density at radius 3 is 2.56 bits per heavy atom. The Morgan fingerprint density at radius 1 is 1.18 bits per heavy atom. The Balaban J connectivity index is 1.46. The van der Waals surface area contributed by atoms with E-state index in [0.29, 0.717) is 28.7 Å². The van der Waals surface area contributed by atoms with Crippen molar-refractivity contribution >= 4 is 51.3 Å². The molecule has 2 amide bonds. The fourth-order valence-electron chi connectivity index (χ4n) is 4.42. The van der Waals surface area contributed by atoms with E-state index in [1.54, 1.807) is 21.2 Å². The third-order valence-corrected chi connectivity index (χ3v) is 7.52. The lowest BCUT2D eigenvalue weighted by Crippen LogP contribution is -2.41. The number of hydrogen-bond acceptors (Lipinski definition) is 7. The lowest BCUT2D eigenvalue weighted by atomic mass is 10.0. The second-order valence-electron chi connectivity index (χ2n) is 8.46. The minimum absolute atomic E-state index is 0.00945. The number of likely N-dealkylation sites (tertiary alicyclic amines) is 1. The highest BCUT2D eigenvalue weighted by Gasteiger charge is 2.36. The van der Waals surface area contributed by atoms with E-state index in [0.717, 1.165) is 28.8 Å². The highest BCUT2D eigenvalue weighted by Crippen LogP contribution is 2.34.